The van der Waals surface area contributed by atoms with Gasteiger partial charge in [0.15, 0.2) is 5.96 Å². The minimum Gasteiger partial charge on any atom is -0.379 e. The fourth-order valence-corrected chi connectivity index (χ4v) is 3.91. The number of guanidine groups is 1. The molecule has 0 aromatic rings. The van der Waals surface area contributed by atoms with Crippen molar-refractivity contribution in [2.75, 3.05) is 66.1 Å². The van der Waals surface area contributed by atoms with Gasteiger partial charge in [0, 0.05) is 64.7 Å². The molecule has 0 bridgehead atoms. The van der Waals surface area contributed by atoms with Crippen LogP contribution in [0.25, 0.3) is 0 Å². The van der Waals surface area contributed by atoms with Crippen molar-refractivity contribution in [1.82, 2.24) is 20.4 Å². The summed E-state index contributed by atoms with van der Waals surface area (Å²) in [5.41, 5.74) is 0.108. The summed E-state index contributed by atoms with van der Waals surface area (Å²) in [6.07, 6.45) is 2.92. The second kappa shape index (κ2) is 7.49. The van der Waals surface area contributed by atoms with E-state index in [0.717, 1.165) is 77.8 Å². The van der Waals surface area contributed by atoms with Crippen LogP contribution in [0.15, 0.2) is 4.99 Å². The molecule has 0 aromatic carbocycles. The molecule has 3 rings (SSSR count). The Kier molecular flexibility index (Phi) is 5.38. The van der Waals surface area contributed by atoms with Gasteiger partial charge in [-0.1, -0.05) is 0 Å². The highest BCUT2D eigenvalue weighted by Crippen LogP contribution is 2.35. The maximum absolute atomic E-state index is 11.6. The molecule has 130 valence electrons. The van der Waals surface area contributed by atoms with Gasteiger partial charge in [-0.05, 0) is 12.8 Å². The molecule has 0 radical (unpaired) electrons. The van der Waals surface area contributed by atoms with Crippen molar-refractivity contribution < 1.29 is 9.53 Å². The largest absolute Gasteiger partial charge is 0.379 e. The number of morpholine rings is 1. The van der Waals surface area contributed by atoms with Crippen LogP contribution in [0, 0.1) is 5.41 Å². The summed E-state index contributed by atoms with van der Waals surface area (Å²) in [6.45, 7) is 8.37. The van der Waals surface area contributed by atoms with E-state index < -0.39 is 0 Å². The lowest BCUT2D eigenvalue weighted by Crippen LogP contribution is -2.52. The van der Waals surface area contributed by atoms with Crippen LogP contribution in [0.1, 0.15) is 19.3 Å². The van der Waals surface area contributed by atoms with E-state index >= 15 is 0 Å². The van der Waals surface area contributed by atoms with Gasteiger partial charge in [0.05, 0.1) is 13.2 Å². The van der Waals surface area contributed by atoms with Crippen molar-refractivity contribution in [3.8, 4) is 0 Å². The van der Waals surface area contributed by atoms with Crippen molar-refractivity contribution in [3.05, 3.63) is 0 Å². The molecule has 0 aromatic heterocycles. The molecule has 23 heavy (non-hydrogen) atoms. The second-order valence-corrected chi connectivity index (χ2v) is 6.91. The smallest absolute Gasteiger partial charge is 0.220 e. The van der Waals surface area contributed by atoms with Crippen LogP contribution >= 0.6 is 0 Å². The topological polar surface area (TPSA) is 69.2 Å². The fourth-order valence-electron chi connectivity index (χ4n) is 3.91. The maximum atomic E-state index is 11.6. The molecule has 3 aliphatic rings. The average molecular weight is 323 g/mol. The Morgan fingerprint density at radius 3 is 2.91 bits per heavy atom. The van der Waals surface area contributed by atoms with Gasteiger partial charge in [0.1, 0.15) is 0 Å². The summed E-state index contributed by atoms with van der Waals surface area (Å²) in [5, 5.41) is 6.49. The third kappa shape index (κ3) is 4.14. The van der Waals surface area contributed by atoms with E-state index in [9.17, 15) is 4.79 Å². The summed E-state index contributed by atoms with van der Waals surface area (Å²) in [4.78, 5) is 20.8. The summed E-state index contributed by atoms with van der Waals surface area (Å²) < 4.78 is 5.38. The first-order chi connectivity index (χ1) is 11.2. The number of nitrogens with one attached hydrogen (secondary N) is 2. The minimum atomic E-state index is 0.108. The van der Waals surface area contributed by atoms with Crippen molar-refractivity contribution in [3.63, 3.8) is 0 Å². The average Bonchev–Trinajstić information content (AvgIpc) is 2.92. The molecule has 0 aliphatic carbocycles. The molecule has 1 spiro atoms. The van der Waals surface area contributed by atoms with E-state index in [2.05, 4.69) is 25.4 Å². The van der Waals surface area contributed by atoms with Gasteiger partial charge < -0.3 is 20.3 Å². The van der Waals surface area contributed by atoms with Crippen molar-refractivity contribution >= 4 is 11.9 Å². The Bertz CT molecular complexity index is 450. The first-order valence-corrected chi connectivity index (χ1v) is 8.73. The number of hydrogen-bond donors (Lipinski definition) is 2. The van der Waals surface area contributed by atoms with Crippen LogP contribution in [-0.4, -0.2) is 87.7 Å². The predicted octanol–water partition coefficient (Wildman–Crippen LogP) is -0.504. The third-order valence-electron chi connectivity index (χ3n) is 5.18. The lowest BCUT2D eigenvalue weighted by atomic mass is 9.79. The standard InChI is InChI=1S/C16H29N5O2/c1-17-15(18-4-6-20-7-9-23-10-8-20)21-5-2-3-16(13-21)11-14(22)19-12-16/h2-13H2,1H3,(H,17,18)(H,19,22). The number of hydrogen-bond acceptors (Lipinski definition) is 4. The van der Waals surface area contributed by atoms with E-state index in [4.69, 9.17) is 4.74 Å². The molecule has 3 heterocycles. The zero-order chi connectivity index (χ0) is 16.1. The van der Waals surface area contributed by atoms with Crippen molar-refractivity contribution in [2.45, 2.75) is 19.3 Å². The molecule has 3 saturated heterocycles. The third-order valence-corrected chi connectivity index (χ3v) is 5.18. The van der Waals surface area contributed by atoms with E-state index in [1.165, 1.54) is 0 Å². The first-order valence-electron chi connectivity index (χ1n) is 8.73. The van der Waals surface area contributed by atoms with Crippen LogP contribution in [0.4, 0.5) is 0 Å². The van der Waals surface area contributed by atoms with E-state index in [1.807, 2.05) is 7.05 Å². The minimum absolute atomic E-state index is 0.108. The van der Waals surface area contributed by atoms with Gasteiger partial charge in [-0.3, -0.25) is 14.7 Å². The molecule has 3 fully saturated rings. The SMILES string of the molecule is CN=C(NCCN1CCOCC1)N1CCCC2(CNC(=O)C2)C1. The highest BCUT2D eigenvalue weighted by atomic mass is 16.5. The van der Waals surface area contributed by atoms with Crippen LogP contribution in [-0.2, 0) is 9.53 Å². The summed E-state index contributed by atoms with van der Waals surface area (Å²) in [5.74, 6) is 1.17. The van der Waals surface area contributed by atoms with Crippen molar-refractivity contribution in [2.24, 2.45) is 10.4 Å². The number of carbonyl (C=O) groups is 1. The molecule has 0 saturated carbocycles. The zero-order valence-electron chi connectivity index (χ0n) is 14.1. The molecular weight excluding hydrogens is 294 g/mol. The number of piperidine rings is 1. The second-order valence-electron chi connectivity index (χ2n) is 6.91. The van der Waals surface area contributed by atoms with E-state index in [-0.39, 0.29) is 11.3 Å². The highest BCUT2D eigenvalue weighted by molar-refractivity contribution is 5.81. The number of likely N-dealkylation sites (tertiary alicyclic amines) is 1. The highest BCUT2D eigenvalue weighted by Gasteiger charge is 2.42. The number of amides is 1. The Morgan fingerprint density at radius 2 is 2.22 bits per heavy atom. The predicted molar refractivity (Wildman–Crippen MR) is 89.5 cm³/mol. The van der Waals surface area contributed by atoms with E-state index in [0.29, 0.717) is 6.42 Å². The Balaban J connectivity index is 1.48. The first kappa shape index (κ1) is 16.5. The molecule has 1 atom stereocenters. The van der Waals surface area contributed by atoms with Crippen LogP contribution in [0.2, 0.25) is 0 Å². The quantitative estimate of drug-likeness (QED) is 0.541. The van der Waals surface area contributed by atoms with Crippen molar-refractivity contribution in [1.29, 1.82) is 0 Å². The van der Waals surface area contributed by atoms with Crippen LogP contribution in [0.5, 0.6) is 0 Å². The summed E-state index contributed by atoms with van der Waals surface area (Å²) in [7, 11) is 1.84. The number of ether oxygens (including phenoxy) is 1. The van der Waals surface area contributed by atoms with Gasteiger partial charge >= 0.3 is 0 Å². The molecular formula is C16H29N5O2. The number of carbonyl (C=O) groups excluding carboxylic acids is 1. The lowest BCUT2D eigenvalue weighted by Gasteiger charge is -2.41. The summed E-state index contributed by atoms with van der Waals surface area (Å²) >= 11 is 0. The van der Waals surface area contributed by atoms with Crippen LogP contribution in [0.3, 0.4) is 0 Å². The monoisotopic (exact) mass is 323 g/mol. The van der Waals surface area contributed by atoms with Crippen LogP contribution < -0.4 is 10.6 Å². The van der Waals surface area contributed by atoms with Gasteiger partial charge in [0.25, 0.3) is 0 Å². The molecule has 3 aliphatic heterocycles. The normalized spacial score (nSPS) is 29.9. The maximum Gasteiger partial charge on any atom is 0.220 e. The zero-order valence-corrected chi connectivity index (χ0v) is 14.1. The molecule has 1 unspecified atom stereocenters. The number of aliphatic imine (C=N–C) groups is 1. The number of rotatable bonds is 3. The fraction of sp³-hybridized carbons (Fsp3) is 0.875. The Hall–Kier alpha value is -1.34. The molecule has 1 amide bonds. The van der Waals surface area contributed by atoms with Gasteiger partial charge in [-0.15, -0.1) is 0 Å². The van der Waals surface area contributed by atoms with Gasteiger partial charge in [-0.2, -0.15) is 0 Å². The Morgan fingerprint density at radius 1 is 1.39 bits per heavy atom. The van der Waals surface area contributed by atoms with Gasteiger partial charge in [-0.25, -0.2) is 0 Å². The Labute approximate surface area is 138 Å². The summed E-state index contributed by atoms with van der Waals surface area (Å²) in [6, 6.07) is 0. The van der Waals surface area contributed by atoms with E-state index in [1.54, 1.807) is 0 Å². The molecule has 7 heteroatoms. The van der Waals surface area contributed by atoms with Gasteiger partial charge in [0.2, 0.25) is 5.91 Å². The molecule has 7 nitrogen and oxygen atoms in total. The lowest BCUT2D eigenvalue weighted by molar-refractivity contribution is -0.119. The number of nitrogens with zero attached hydrogens (tertiary/aromatic N) is 3. The molecule has 2 N–H and O–H groups in total.